The van der Waals surface area contributed by atoms with Gasteiger partial charge in [-0.1, -0.05) is 28.8 Å². The molecule has 2 saturated carbocycles. The Balaban J connectivity index is 1.59. The molecule has 1 aromatic heterocycles. The van der Waals surface area contributed by atoms with Gasteiger partial charge in [-0.05, 0) is 30.6 Å². The highest BCUT2D eigenvalue weighted by Crippen LogP contribution is 2.58. The minimum Gasteiger partial charge on any atom is -0.349 e. The Hall–Kier alpha value is -0.310. The Kier molecular flexibility index (Phi) is 2.59. The van der Waals surface area contributed by atoms with Crippen molar-refractivity contribution >= 4 is 15.9 Å². The lowest BCUT2D eigenvalue weighted by Crippen LogP contribution is -2.08. The van der Waals surface area contributed by atoms with Crippen molar-refractivity contribution in [3.05, 3.63) is 18.2 Å². The topological polar surface area (TPSA) is 28.7 Å². The predicted octanol–water partition coefficient (Wildman–Crippen LogP) is 3.15. The number of alkyl halides is 1. The van der Waals surface area contributed by atoms with E-state index in [0.717, 1.165) is 30.0 Å². The van der Waals surface area contributed by atoms with Crippen LogP contribution in [0.4, 0.5) is 0 Å². The van der Waals surface area contributed by atoms with E-state index >= 15 is 0 Å². The number of nitrogens with one attached hydrogen (secondary N) is 1. The standard InChI is InChI=1S/C12H17BrN2/c13-10(7-11-14-5-6-15-11)12-8-3-1-2-4-9(8)12/h5-6,8-10,12H,1-4,7H2,(H,14,15). The van der Waals surface area contributed by atoms with Crippen molar-refractivity contribution in [3.63, 3.8) is 0 Å². The van der Waals surface area contributed by atoms with Gasteiger partial charge in [-0.3, -0.25) is 0 Å². The first-order valence-electron chi connectivity index (χ1n) is 5.98. The van der Waals surface area contributed by atoms with Crippen LogP contribution in [0.3, 0.4) is 0 Å². The second-order valence-corrected chi connectivity index (χ2v) is 6.12. The molecular weight excluding hydrogens is 252 g/mol. The zero-order valence-corrected chi connectivity index (χ0v) is 10.4. The lowest BCUT2D eigenvalue weighted by Gasteiger charge is -2.06. The van der Waals surface area contributed by atoms with Gasteiger partial charge in [-0.25, -0.2) is 4.98 Å². The molecule has 0 spiro atoms. The van der Waals surface area contributed by atoms with Crippen molar-refractivity contribution < 1.29 is 0 Å². The van der Waals surface area contributed by atoms with Gasteiger partial charge in [-0.2, -0.15) is 0 Å². The van der Waals surface area contributed by atoms with Gasteiger partial charge in [0.15, 0.2) is 0 Å². The predicted molar refractivity (Wildman–Crippen MR) is 63.9 cm³/mol. The van der Waals surface area contributed by atoms with Gasteiger partial charge in [0.1, 0.15) is 5.82 Å². The molecule has 2 fully saturated rings. The Labute approximate surface area is 99.0 Å². The van der Waals surface area contributed by atoms with Gasteiger partial charge in [0.2, 0.25) is 0 Å². The first kappa shape index (κ1) is 9.88. The van der Waals surface area contributed by atoms with Gasteiger partial charge in [-0.15, -0.1) is 0 Å². The minimum atomic E-state index is 0.636. The first-order valence-corrected chi connectivity index (χ1v) is 6.90. The quantitative estimate of drug-likeness (QED) is 0.839. The summed E-state index contributed by atoms with van der Waals surface area (Å²) in [5, 5.41) is 0. The summed E-state index contributed by atoms with van der Waals surface area (Å²) in [4.78, 5) is 8.12. The maximum Gasteiger partial charge on any atom is 0.107 e. The molecule has 2 aliphatic rings. The minimum absolute atomic E-state index is 0.636. The van der Waals surface area contributed by atoms with Crippen molar-refractivity contribution in [2.75, 3.05) is 0 Å². The Morgan fingerprint density at radius 3 is 2.73 bits per heavy atom. The lowest BCUT2D eigenvalue weighted by atomic mass is 10.0. The van der Waals surface area contributed by atoms with Crippen LogP contribution < -0.4 is 0 Å². The maximum absolute atomic E-state index is 4.30. The van der Waals surface area contributed by atoms with Gasteiger partial charge in [0, 0.05) is 23.6 Å². The maximum atomic E-state index is 4.30. The Morgan fingerprint density at radius 1 is 1.40 bits per heavy atom. The van der Waals surface area contributed by atoms with Crippen LogP contribution >= 0.6 is 15.9 Å². The van der Waals surface area contributed by atoms with Crippen LogP contribution in [0.5, 0.6) is 0 Å². The van der Waals surface area contributed by atoms with Gasteiger partial charge < -0.3 is 4.98 Å². The molecule has 3 heteroatoms. The first-order chi connectivity index (χ1) is 7.36. The third-order valence-electron chi connectivity index (χ3n) is 4.08. The second kappa shape index (κ2) is 3.93. The average molecular weight is 269 g/mol. The van der Waals surface area contributed by atoms with Gasteiger partial charge in [0.05, 0.1) is 0 Å². The normalized spacial score (nSPS) is 35.9. The number of rotatable bonds is 3. The van der Waals surface area contributed by atoms with Crippen LogP contribution in [0.2, 0.25) is 0 Å². The van der Waals surface area contributed by atoms with Crippen molar-refractivity contribution in [3.8, 4) is 0 Å². The van der Waals surface area contributed by atoms with E-state index in [0.29, 0.717) is 4.83 Å². The van der Waals surface area contributed by atoms with E-state index < -0.39 is 0 Å². The molecule has 1 heterocycles. The Bertz CT molecular complexity index is 310. The summed E-state index contributed by atoms with van der Waals surface area (Å²) in [5.41, 5.74) is 0. The van der Waals surface area contributed by atoms with Crippen molar-refractivity contribution in [2.24, 2.45) is 17.8 Å². The van der Waals surface area contributed by atoms with Crippen LogP contribution in [-0.2, 0) is 6.42 Å². The summed E-state index contributed by atoms with van der Waals surface area (Å²) in [6.45, 7) is 0. The monoisotopic (exact) mass is 268 g/mol. The third-order valence-corrected chi connectivity index (χ3v) is 5.02. The van der Waals surface area contributed by atoms with Crippen LogP contribution in [0.25, 0.3) is 0 Å². The number of halogens is 1. The summed E-state index contributed by atoms with van der Waals surface area (Å²) in [6.07, 6.45) is 10.7. The molecule has 0 bridgehead atoms. The smallest absolute Gasteiger partial charge is 0.107 e. The van der Waals surface area contributed by atoms with Crippen molar-refractivity contribution in [2.45, 2.75) is 36.9 Å². The highest BCUT2D eigenvalue weighted by Gasteiger charge is 2.53. The van der Waals surface area contributed by atoms with Gasteiger partial charge >= 0.3 is 0 Å². The van der Waals surface area contributed by atoms with E-state index in [2.05, 4.69) is 25.9 Å². The molecule has 0 radical (unpaired) electrons. The zero-order valence-electron chi connectivity index (χ0n) is 8.82. The summed E-state index contributed by atoms with van der Waals surface area (Å²) in [6, 6.07) is 0. The van der Waals surface area contributed by atoms with E-state index in [9.17, 15) is 0 Å². The number of aromatic amines is 1. The summed E-state index contributed by atoms with van der Waals surface area (Å²) >= 11 is 3.86. The van der Waals surface area contributed by atoms with E-state index in [4.69, 9.17) is 0 Å². The number of nitrogens with zero attached hydrogens (tertiary/aromatic N) is 1. The number of fused-ring (bicyclic) bond motifs is 1. The number of aromatic nitrogens is 2. The third kappa shape index (κ3) is 1.86. The van der Waals surface area contributed by atoms with E-state index in [1.54, 1.807) is 0 Å². The number of H-pyrrole nitrogens is 1. The van der Waals surface area contributed by atoms with Crippen molar-refractivity contribution in [1.82, 2.24) is 9.97 Å². The fraction of sp³-hybridized carbons (Fsp3) is 0.750. The highest BCUT2D eigenvalue weighted by atomic mass is 79.9. The van der Waals surface area contributed by atoms with Crippen LogP contribution in [0.15, 0.2) is 12.4 Å². The molecule has 3 rings (SSSR count). The molecular formula is C12H17BrN2. The molecule has 82 valence electrons. The van der Waals surface area contributed by atoms with E-state index in [-0.39, 0.29) is 0 Å². The van der Waals surface area contributed by atoms with Gasteiger partial charge in [0.25, 0.3) is 0 Å². The highest BCUT2D eigenvalue weighted by molar-refractivity contribution is 9.09. The molecule has 0 amide bonds. The molecule has 0 aliphatic heterocycles. The van der Waals surface area contributed by atoms with Crippen LogP contribution in [-0.4, -0.2) is 14.8 Å². The molecule has 2 aliphatic carbocycles. The van der Waals surface area contributed by atoms with E-state index in [1.165, 1.54) is 25.7 Å². The summed E-state index contributed by atoms with van der Waals surface area (Å²) in [5.74, 6) is 4.11. The molecule has 3 unspecified atom stereocenters. The molecule has 3 atom stereocenters. The lowest BCUT2D eigenvalue weighted by molar-refractivity contribution is 0.480. The SMILES string of the molecule is BrC(Cc1ncc[nH]1)C1C2CCCCC21. The zero-order chi connectivity index (χ0) is 10.3. The molecule has 0 saturated heterocycles. The molecule has 1 aromatic rings. The fourth-order valence-corrected chi connectivity index (χ4v) is 4.41. The van der Waals surface area contributed by atoms with Crippen LogP contribution in [0.1, 0.15) is 31.5 Å². The summed E-state index contributed by atoms with van der Waals surface area (Å²) < 4.78 is 0. The largest absolute Gasteiger partial charge is 0.349 e. The number of imidazole rings is 1. The molecule has 15 heavy (non-hydrogen) atoms. The average Bonchev–Trinajstić information content (AvgIpc) is 2.77. The second-order valence-electron chi connectivity index (χ2n) is 4.95. The Morgan fingerprint density at radius 2 is 2.13 bits per heavy atom. The summed E-state index contributed by atoms with van der Waals surface area (Å²) in [7, 11) is 0. The van der Waals surface area contributed by atoms with E-state index in [1.807, 2.05) is 12.4 Å². The molecule has 2 nitrogen and oxygen atoms in total. The van der Waals surface area contributed by atoms with Crippen LogP contribution in [0, 0.1) is 17.8 Å². The molecule has 1 N–H and O–H groups in total. The van der Waals surface area contributed by atoms with Crippen molar-refractivity contribution in [1.29, 1.82) is 0 Å². The number of hydrogen-bond acceptors (Lipinski definition) is 1. The number of hydrogen-bond donors (Lipinski definition) is 1. The molecule has 0 aromatic carbocycles. The fourth-order valence-electron chi connectivity index (χ4n) is 3.31.